The fourth-order valence-corrected chi connectivity index (χ4v) is 3.29. The number of benzene rings is 1. The molecule has 0 saturated carbocycles. The van der Waals surface area contributed by atoms with Crippen LogP contribution in [0.3, 0.4) is 0 Å². The van der Waals surface area contributed by atoms with Crippen LogP contribution in [0.4, 0.5) is 0 Å². The first-order chi connectivity index (χ1) is 13.6. The van der Waals surface area contributed by atoms with Crippen molar-refractivity contribution < 1.29 is 14.3 Å². The lowest BCUT2D eigenvalue weighted by Gasteiger charge is -2.19. The summed E-state index contributed by atoms with van der Waals surface area (Å²) in [6.45, 7) is 9.37. The van der Waals surface area contributed by atoms with Crippen molar-refractivity contribution in [1.82, 2.24) is 15.5 Å². The summed E-state index contributed by atoms with van der Waals surface area (Å²) >= 11 is 0. The summed E-state index contributed by atoms with van der Waals surface area (Å²) in [5, 5.41) is 6.78. The lowest BCUT2D eigenvalue weighted by molar-refractivity contribution is -0.129. The minimum atomic E-state index is 0. The molecule has 1 unspecified atom stereocenters. The highest BCUT2D eigenvalue weighted by Gasteiger charge is 2.25. The number of hydrogen-bond donors (Lipinski definition) is 2. The number of aliphatic imine (C=N–C) groups is 1. The fourth-order valence-electron chi connectivity index (χ4n) is 3.29. The third-order valence-corrected chi connectivity index (χ3v) is 4.72. The van der Waals surface area contributed by atoms with Gasteiger partial charge in [-0.2, -0.15) is 0 Å². The van der Waals surface area contributed by atoms with Crippen molar-refractivity contribution in [2.75, 3.05) is 39.9 Å². The van der Waals surface area contributed by atoms with Crippen LogP contribution in [0.25, 0.3) is 0 Å². The van der Waals surface area contributed by atoms with Crippen LogP contribution in [0.1, 0.15) is 39.2 Å². The molecule has 1 aromatic rings. The zero-order valence-corrected chi connectivity index (χ0v) is 20.3. The average Bonchev–Trinajstić information content (AvgIpc) is 3.17. The fraction of sp³-hybridized carbons (Fsp3) is 0.619. The summed E-state index contributed by atoms with van der Waals surface area (Å²) in [7, 11) is 1.77. The molecule has 1 aliphatic heterocycles. The molecule has 7 nitrogen and oxygen atoms in total. The second kappa shape index (κ2) is 13.5. The molecule has 29 heavy (non-hydrogen) atoms. The normalized spacial score (nSPS) is 16.2. The Hall–Kier alpha value is -1.71. The van der Waals surface area contributed by atoms with E-state index in [1.54, 1.807) is 7.05 Å². The molecule has 0 bridgehead atoms. The largest absolute Gasteiger partial charge is 0.490 e. The maximum absolute atomic E-state index is 11.8. The number of nitrogens with zero attached hydrogens (tertiary/aromatic N) is 2. The molecule has 1 amide bonds. The number of guanidine groups is 1. The van der Waals surface area contributed by atoms with E-state index in [-0.39, 0.29) is 35.9 Å². The standard InChI is InChI=1S/C21H34N4O3.HI/c1-5-20(26)25-13-11-17(15-25)24-21(22-4)23-12-10-16-8-9-18(27-6-2)19(14-16)28-7-3;/h8-9,14,17H,5-7,10-13,15H2,1-4H3,(H2,22,23,24);1H. The van der Waals surface area contributed by atoms with Crippen LogP contribution in [0.15, 0.2) is 23.2 Å². The van der Waals surface area contributed by atoms with Gasteiger partial charge in [-0.3, -0.25) is 9.79 Å². The maximum Gasteiger partial charge on any atom is 0.222 e. The molecule has 1 atom stereocenters. The van der Waals surface area contributed by atoms with E-state index >= 15 is 0 Å². The number of halogens is 1. The lowest BCUT2D eigenvalue weighted by Crippen LogP contribution is -2.45. The summed E-state index contributed by atoms with van der Waals surface area (Å²) in [4.78, 5) is 18.0. The highest BCUT2D eigenvalue weighted by molar-refractivity contribution is 14.0. The number of nitrogens with one attached hydrogen (secondary N) is 2. The van der Waals surface area contributed by atoms with Gasteiger partial charge >= 0.3 is 0 Å². The quantitative estimate of drug-likeness (QED) is 0.299. The van der Waals surface area contributed by atoms with E-state index in [2.05, 4.69) is 21.7 Å². The van der Waals surface area contributed by atoms with Gasteiger partial charge in [0.25, 0.3) is 0 Å². The number of likely N-dealkylation sites (tertiary alicyclic amines) is 1. The van der Waals surface area contributed by atoms with Gasteiger partial charge in [0.05, 0.1) is 13.2 Å². The Labute approximate surface area is 191 Å². The molecule has 2 N–H and O–H groups in total. The molecule has 0 radical (unpaired) electrons. The monoisotopic (exact) mass is 518 g/mol. The molecule has 1 fully saturated rings. The molecule has 1 aliphatic rings. The molecular weight excluding hydrogens is 483 g/mol. The Bertz CT molecular complexity index is 669. The number of carbonyl (C=O) groups is 1. The highest BCUT2D eigenvalue weighted by Crippen LogP contribution is 2.28. The van der Waals surface area contributed by atoms with Gasteiger partial charge in [-0.15, -0.1) is 24.0 Å². The van der Waals surface area contributed by atoms with Gasteiger partial charge in [0.15, 0.2) is 17.5 Å². The van der Waals surface area contributed by atoms with Gasteiger partial charge in [-0.1, -0.05) is 13.0 Å². The number of rotatable bonds is 9. The Morgan fingerprint density at radius 3 is 2.59 bits per heavy atom. The summed E-state index contributed by atoms with van der Waals surface area (Å²) in [6.07, 6.45) is 2.35. The predicted octanol–water partition coefficient (Wildman–Crippen LogP) is 2.82. The first-order valence-electron chi connectivity index (χ1n) is 10.2. The van der Waals surface area contributed by atoms with Crippen LogP contribution < -0.4 is 20.1 Å². The zero-order chi connectivity index (χ0) is 20.4. The van der Waals surface area contributed by atoms with Gasteiger partial charge in [0.2, 0.25) is 5.91 Å². The smallest absolute Gasteiger partial charge is 0.222 e. The van der Waals surface area contributed by atoms with Gasteiger partial charge in [-0.05, 0) is 44.4 Å². The molecule has 8 heteroatoms. The van der Waals surface area contributed by atoms with Crippen molar-refractivity contribution >= 4 is 35.8 Å². The predicted molar refractivity (Wildman–Crippen MR) is 128 cm³/mol. The molecule has 2 rings (SSSR count). The zero-order valence-electron chi connectivity index (χ0n) is 18.0. The first-order valence-corrected chi connectivity index (χ1v) is 10.2. The topological polar surface area (TPSA) is 75.2 Å². The summed E-state index contributed by atoms with van der Waals surface area (Å²) in [5.74, 6) is 2.56. The molecule has 1 aromatic carbocycles. The van der Waals surface area contributed by atoms with E-state index < -0.39 is 0 Å². The van der Waals surface area contributed by atoms with E-state index in [1.165, 1.54) is 5.56 Å². The molecule has 1 saturated heterocycles. The first kappa shape index (κ1) is 25.3. The highest BCUT2D eigenvalue weighted by atomic mass is 127. The van der Waals surface area contributed by atoms with Crippen molar-refractivity contribution in [1.29, 1.82) is 0 Å². The molecule has 164 valence electrons. The van der Waals surface area contributed by atoms with Crippen molar-refractivity contribution in [3.05, 3.63) is 23.8 Å². The molecule has 0 aromatic heterocycles. The third kappa shape index (κ3) is 7.91. The maximum atomic E-state index is 11.8. The number of carbonyl (C=O) groups excluding carboxylic acids is 1. The van der Waals surface area contributed by atoms with Crippen LogP contribution in [0.2, 0.25) is 0 Å². The van der Waals surface area contributed by atoms with E-state index in [1.807, 2.05) is 37.8 Å². The summed E-state index contributed by atoms with van der Waals surface area (Å²) in [6, 6.07) is 6.32. The Kier molecular flexibility index (Phi) is 11.8. The second-order valence-corrected chi connectivity index (χ2v) is 6.72. The molecular formula is C21H35IN4O3. The third-order valence-electron chi connectivity index (χ3n) is 4.72. The summed E-state index contributed by atoms with van der Waals surface area (Å²) < 4.78 is 11.3. The second-order valence-electron chi connectivity index (χ2n) is 6.72. The molecule has 0 aliphatic carbocycles. The number of ether oxygens (including phenoxy) is 2. The molecule has 1 heterocycles. The number of amides is 1. The van der Waals surface area contributed by atoms with E-state index in [9.17, 15) is 4.79 Å². The van der Waals surface area contributed by atoms with E-state index in [0.717, 1.165) is 49.9 Å². The van der Waals surface area contributed by atoms with Crippen molar-refractivity contribution in [2.45, 2.75) is 46.1 Å². The Balaban J connectivity index is 0.00000420. The lowest BCUT2D eigenvalue weighted by atomic mass is 10.1. The summed E-state index contributed by atoms with van der Waals surface area (Å²) in [5.41, 5.74) is 1.18. The molecule has 0 spiro atoms. The number of hydrogen-bond acceptors (Lipinski definition) is 4. The van der Waals surface area contributed by atoms with Gasteiger partial charge in [0.1, 0.15) is 0 Å². The van der Waals surface area contributed by atoms with Crippen LogP contribution in [-0.4, -0.2) is 62.7 Å². The van der Waals surface area contributed by atoms with Crippen molar-refractivity contribution in [2.24, 2.45) is 4.99 Å². The van der Waals surface area contributed by atoms with Gasteiger partial charge in [-0.25, -0.2) is 0 Å². The van der Waals surface area contributed by atoms with E-state index in [4.69, 9.17) is 9.47 Å². The SMILES string of the molecule is CCOc1ccc(CCNC(=NC)NC2CCN(C(=O)CC)C2)cc1OCC.I. The van der Waals surface area contributed by atoms with E-state index in [0.29, 0.717) is 19.6 Å². The van der Waals surface area contributed by atoms with Crippen molar-refractivity contribution in [3.63, 3.8) is 0 Å². The Morgan fingerprint density at radius 2 is 1.93 bits per heavy atom. The minimum absolute atomic E-state index is 0. The van der Waals surface area contributed by atoms with Crippen LogP contribution in [0.5, 0.6) is 11.5 Å². The van der Waals surface area contributed by atoms with Crippen LogP contribution in [0, 0.1) is 0 Å². The minimum Gasteiger partial charge on any atom is -0.490 e. The van der Waals surface area contributed by atoms with Crippen LogP contribution >= 0.6 is 24.0 Å². The van der Waals surface area contributed by atoms with Gasteiger partial charge < -0.3 is 25.0 Å². The van der Waals surface area contributed by atoms with Gasteiger partial charge in [0, 0.05) is 39.1 Å². The van der Waals surface area contributed by atoms with Crippen LogP contribution in [-0.2, 0) is 11.2 Å². The van der Waals surface area contributed by atoms with Crippen molar-refractivity contribution in [3.8, 4) is 11.5 Å². The average molecular weight is 518 g/mol. The Morgan fingerprint density at radius 1 is 1.21 bits per heavy atom.